The van der Waals surface area contributed by atoms with Crippen LogP contribution in [0.2, 0.25) is 0 Å². The summed E-state index contributed by atoms with van der Waals surface area (Å²) in [5, 5.41) is 2.87. The molecule has 27 heavy (non-hydrogen) atoms. The number of hydrogen-bond acceptors (Lipinski definition) is 6. The molecule has 0 aliphatic heterocycles. The maximum absolute atomic E-state index is 12.6. The van der Waals surface area contributed by atoms with Crippen molar-refractivity contribution in [3.63, 3.8) is 0 Å². The topological polar surface area (TPSA) is 77.1 Å². The molecule has 1 N–H and O–H groups in total. The molecule has 152 valence electrons. The van der Waals surface area contributed by atoms with Gasteiger partial charge in [-0.05, 0) is 38.8 Å². The molecule has 0 fully saturated rings. The molecular weight excluding hydrogens is 348 g/mol. The lowest BCUT2D eigenvalue weighted by molar-refractivity contribution is -0.144. The van der Waals surface area contributed by atoms with E-state index in [1.165, 1.54) is 0 Å². The number of nitrogens with zero attached hydrogens (tertiary/aromatic N) is 1. The normalized spacial score (nSPS) is 10.8. The number of nitrogens with one attached hydrogen (secondary N) is 1. The maximum Gasteiger partial charge on any atom is 0.320 e. The Morgan fingerprint density at radius 2 is 1.74 bits per heavy atom. The molecule has 7 heteroatoms. The number of esters is 1. The van der Waals surface area contributed by atoms with Crippen LogP contribution in [0.25, 0.3) is 0 Å². The van der Waals surface area contributed by atoms with Crippen molar-refractivity contribution >= 4 is 17.6 Å². The Balaban J connectivity index is 2.84. The SMILES string of the molecule is CCOC(=O)CN(CC(=O)Nc1cc(OCC)ccc1OCC)CC(C)C. The first-order valence-corrected chi connectivity index (χ1v) is 9.46. The maximum atomic E-state index is 12.6. The number of anilines is 1. The first-order valence-electron chi connectivity index (χ1n) is 9.46. The highest BCUT2D eigenvalue weighted by molar-refractivity contribution is 5.94. The van der Waals surface area contributed by atoms with Crippen molar-refractivity contribution in [3.8, 4) is 11.5 Å². The van der Waals surface area contributed by atoms with Crippen molar-refractivity contribution in [2.75, 3.05) is 44.8 Å². The largest absolute Gasteiger partial charge is 0.494 e. The number of hydrogen-bond donors (Lipinski definition) is 1. The Kier molecular flexibility index (Phi) is 10.3. The molecule has 1 aromatic rings. The quantitative estimate of drug-likeness (QED) is 0.562. The van der Waals surface area contributed by atoms with E-state index in [1.807, 2.05) is 27.7 Å². The highest BCUT2D eigenvalue weighted by atomic mass is 16.5. The van der Waals surface area contributed by atoms with Gasteiger partial charge in [0.1, 0.15) is 11.5 Å². The number of benzene rings is 1. The van der Waals surface area contributed by atoms with E-state index in [2.05, 4.69) is 5.32 Å². The summed E-state index contributed by atoms with van der Waals surface area (Å²) >= 11 is 0. The second-order valence-corrected chi connectivity index (χ2v) is 6.44. The number of carbonyl (C=O) groups excluding carboxylic acids is 2. The minimum Gasteiger partial charge on any atom is -0.494 e. The van der Waals surface area contributed by atoms with Crippen LogP contribution in [0.3, 0.4) is 0 Å². The second kappa shape index (κ2) is 12.2. The molecule has 1 rings (SSSR count). The third-order valence-electron chi connectivity index (χ3n) is 3.48. The van der Waals surface area contributed by atoms with Crippen LogP contribution in [-0.2, 0) is 14.3 Å². The van der Waals surface area contributed by atoms with Gasteiger partial charge in [-0.3, -0.25) is 14.5 Å². The van der Waals surface area contributed by atoms with E-state index in [9.17, 15) is 9.59 Å². The summed E-state index contributed by atoms with van der Waals surface area (Å²) in [4.78, 5) is 26.1. The second-order valence-electron chi connectivity index (χ2n) is 6.44. The standard InChI is InChI=1S/C20H32N2O5/c1-6-25-16-9-10-18(26-7-2)17(11-16)21-19(23)13-22(12-15(4)5)14-20(24)27-8-3/h9-11,15H,6-8,12-14H2,1-5H3,(H,21,23). The van der Waals surface area contributed by atoms with Gasteiger partial charge in [0, 0.05) is 12.6 Å². The molecule has 1 aromatic carbocycles. The Labute approximate surface area is 162 Å². The summed E-state index contributed by atoms with van der Waals surface area (Å²) in [6, 6.07) is 5.31. The minimum atomic E-state index is -0.334. The zero-order chi connectivity index (χ0) is 20.2. The van der Waals surface area contributed by atoms with Gasteiger partial charge in [-0.1, -0.05) is 13.8 Å². The Bertz CT molecular complexity index is 604. The summed E-state index contributed by atoms with van der Waals surface area (Å²) in [5.41, 5.74) is 0.549. The van der Waals surface area contributed by atoms with Crippen LogP contribution in [-0.4, -0.2) is 56.2 Å². The molecule has 0 aliphatic carbocycles. The van der Waals surface area contributed by atoms with Gasteiger partial charge in [-0.2, -0.15) is 0 Å². The van der Waals surface area contributed by atoms with Crippen LogP contribution in [0.4, 0.5) is 5.69 Å². The first-order chi connectivity index (χ1) is 12.9. The summed E-state index contributed by atoms with van der Waals surface area (Å²) in [5.74, 6) is 0.985. The highest BCUT2D eigenvalue weighted by Crippen LogP contribution is 2.29. The zero-order valence-electron chi connectivity index (χ0n) is 17.0. The van der Waals surface area contributed by atoms with Gasteiger partial charge in [0.2, 0.25) is 5.91 Å². The zero-order valence-corrected chi connectivity index (χ0v) is 17.0. The first kappa shape index (κ1) is 22.8. The molecule has 0 unspecified atom stereocenters. The molecule has 0 atom stereocenters. The third-order valence-corrected chi connectivity index (χ3v) is 3.48. The van der Waals surface area contributed by atoms with E-state index in [1.54, 1.807) is 30.0 Å². The number of carbonyl (C=O) groups is 2. The van der Waals surface area contributed by atoms with E-state index >= 15 is 0 Å². The van der Waals surface area contributed by atoms with Crippen LogP contribution >= 0.6 is 0 Å². The smallest absolute Gasteiger partial charge is 0.320 e. The predicted molar refractivity (Wildman–Crippen MR) is 105 cm³/mol. The van der Waals surface area contributed by atoms with E-state index in [0.29, 0.717) is 49.5 Å². The number of amides is 1. The summed E-state index contributed by atoms with van der Waals surface area (Å²) < 4.78 is 16.1. The summed E-state index contributed by atoms with van der Waals surface area (Å²) in [7, 11) is 0. The summed E-state index contributed by atoms with van der Waals surface area (Å²) in [6.07, 6.45) is 0. The number of ether oxygens (including phenoxy) is 3. The number of rotatable bonds is 12. The molecule has 1 amide bonds. The molecule has 0 radical (unpaired) electrons. The van der Waals surface area contributed by atoms with Crippen molar-refractivity contribution in [1.82, 2.24) is 4.90 Å². The van der Waals surface area contributed by atoms with Gasteiger partial charge >= 0.3 is 5.97 Å². The molecule has 0 bridgehead atoms. The van der Waals surface area contributed by atoms with Crippen LogP contribution in [0.15, 0.2) is 18.2 Å². The molecule has 0 aromatic heterocycles. The van der Waals surface area contributed by atoms with E-state index in [4.69, 9.17) is 14.2 Å². The Morgan fingerprint density at radius 3 is 2.33 bits per heavy atom. The van der Waals surface area contributed by atoms with E-state index in [-0.39, 0.29) is 25.0 Å². The van der Waals surface area contributed by atoms with Gasteiger partial charge < -0.3 is 19.5 Å². The molecular formula is C20H32N2O5. The lowest BCUT2D eigenvalue weighted by Gasteiger charge is -2.23. The van der Waals surface area contributed by atoms with E-state index < -0.39 is 0 Å². The van der Waals surface area contributed by atoms with Crippen molar-refractivity contribution in [3.05, 3.63) is 18.2 Å². The van der Waals surface area contributed by atoms with Crippen LogP contribution in [0.5, 0.6) is 11.5 Å². The molecule has 0 heterocycles. The van der Waals surface area contributed by atoms with Gasteiger partial charge in [0.05, 0.1) is 38.6 Å². The Hall–Kier alpha value is -2.28. The Morgan fingerprint density at radius 1 is 1.04 bits per heavy atom. The molecule has 0 aliphatic rings. The van der Waals surface area contributed by atoms with Crippen molar-refractivity contribution in [2.24, 2.45) is 5.92 Å². The third kappa shape index (κ3) is 8.77. The monoisotopic (exact) mass is 380 g/mol. The fourth-order valence-electron chi connectivity index (χ4n) is 2.63. The minimum absolute atomic E-state index is 0.0801. The van der Waals surface area contributed by atoms with Gasteiger partial charge in [-0.15, -0.1) is 0 Å². The van der Waals surface area contributed by atoms with Crippen molar-refractivity contribution in [1.29, 1.82) is 0 Å². The fourth-order valence-corrected chi connectivity index (χ4v) is 2.63. The van der Waals surface area contributed by atoms with Gasteiger partial charge in [0.15, 0.2) is 0 Å². The molecule has 0 saturated carbocycles. The van der Waals surface area contributed by atoms with Crippen LogP contribution < -0.4 is 14.8 Å². The van der Waals surface area contributed by atoms with Gasteiger partial charge in [-0.25, -0.2) is 0 Å². The summed E-state index contributed by atoms with van der Waals surface area (Å²) in [6.45, 7) is 11.7. The average molecular weight is 380 g/mol. The van der Waals surface area contributed by atoms with Crippen molar-refractivity contribution in [2.45, 2.75) is 34.6 Å². The lowest BCUT2D eigenvalue weighted by Crippen LogP contribution is -2.39. The molecule has 0 spiro atoms. The van der Waals surface area contributed by atoms with Crippen molar-refractivity contribution < 1.29 is 23.8 Å². The fraction of sp³-hybridized carbons (Fsp3) is 0.600. The molecule has 7 nitrogen and oxygen atoms in total. The lowest BCUT2D eigenvalue weighted by atomic mass is 10.2. The predicted octanol–water partition coefficient (Wildman–Crippen LogP) is 2.94. The molecule has 0 saturated heterocycles. The van der Waals surface area contributed by atoms with Crippen LogP contribution in [0.1, 0.15) is 34.6 Å². The van der Waals surface area contributed by atoms with Crippen LogP contribution in [0, 0.1) is 5.92 Å². The highest BCUT2D eigenvalue weighted by Gasteiger charge is 2.18. The average Bonchev–Trinajstić information content (AvgIpc) is 2.57. The van der Waals surface area contributed by atoms with Gasteiger partial charge in [0.25, 0.3) is 0 Å². The van der Waals surface area contributed by atoms with E-state index in [0.717, 1.165) is 0 Å².